The van der Waals surface area contributed by atoms with Crippen LogP contribution in [0.1, 0.15) is 41.6 Å². The lowest BCUT2D eigenvalue weighted by molar-refractivity contribution is -0.142. The van der Waals surface area contributed by atoms with Gasteiger partial charge in [-0.2, -0.15) is 0 Å². The van der Waals surface area contributed by atoms with E-state index in [4.69, 9.17) is 21.4 Å². The molecule has 3 rings (SSSR count). The van der Waals surface area contributed by atoms with Crippen LogP contribution in [0.5, 0.6) is 5.75 Å². The highest BCUT2D eigenvalue weighted by atomic mass is 35.5. The first-order chi connectivity index (χ1) is 13.0. The number of para-hydroxylation sites is 1. The van der Waals surface area contributed by atoms with Crippen LogP contribution in [0.4, 0.5) is 0 Å². The summed E-state index contributed by atoms with van der Waals surface area (Å²) in [5.41, 5.74) is 1.44. The largest absolute Gasteiger partial charge is 0.488 e. The number of rotatable bonds is 6. The van der Waals surface area contributed by atoms with Gasteiger partial charge in [-0.1, -0.05) is 35.9 Å². The summed E-state index contributed by atoms with van der Waals surface area (Å²) in [6.45, 7) is 0.338. The maximum absolute atomic E-state index is 12.7. The zero-order valence-electron chi connectivity index (χ0n) is 14.9. The lowest BCUT2D eigenvalue weighted by Crippen LogP contribution is -2.38. The van der Waals surface area contributed by atoms with Crippen LogP contribution >= 0.6 is 11.6 Å². The molecule has 0 bridgehead atoms. The number of hydrogen-bond acceptors (Lipinski definition) is 3. The van der Waals surface area contributed by atoms with Crippen LogP contribution in [-0.2, 0) is 11.4 Å². The second kappa shape index (κ2) is 8.91. The van der Waals surface area contributed by atoms with Gasteiger partial charge in [0.15, 0.2) is 0 Å². The summed E-state index contributed by atoms with van der Waals surface area (Å²) in [5.74, 6) is -0.724. The summed E-state index contributed by atoms with van der Waals surface area (Å²) >= 11 is 5.89. The average molecular weight is 388 g/mol. The third kappa shape index (κ3) is 5.23. The molecule has 1 aliphatic carbocycles. The number of ether oxygens (including phenoxy) is 1. The fraction of sp³-hybridized carbons (Fsp3) is 0.333. The molecule has 0 unspecified atom stereocenters. The van der Waals surface area contributed by atoms with Gasteiger partial charge < -0.3 is 15.2 Å². The van der Waals surface area contributed by atoms with E-state index in [1.807, 2.05) is 18.2 Å². The third-order valence-corrected chi connectivity index (χ3v) is 5.10. The van der Waals surface area contributed by atoms with E-state index < -0.39 is 5.97 Å². The number of benzene rings is 2. The minimum Gasteiger partial charge on any atom is -0.488 e. The van der Waals surface area contributed by atoms with Gasteiger partial charge >= 0.3 is 5.97 Å². The van der Waals surface area contributed by atoms with Gasteiger partial charge in [0.05, 0.1) is 11.5 Å². The van der Waals surface area contributed by atoms with Crippen molar-refractivity contribution in [1.29, 1.82) is 0 Å². The number of nitrogens with one attached hydrogen (secondary N) is 1. The summed E-state index contributed by atoms with van der Waals surface area (Å²) in [6, 6.07) is 14.5. The van der Waals surface area contributed by atoms with Gasteiger partial charge in [0, 0.05) is 11.1 Å². The van der Waals surface area contributed by atoms with E-state index in [2.05, 4.69) is 5.32 Å². The highest BCUT2D eigenvalue weighted by Crippen LogP contribution is 2.26. The fourth-order valence-electron chi connectivity index (χ4n) is 3.27. The summed E-state index contributed by atoms with van der Waals surface area (Å²) in [5, 5.41) is 12.8. The lowest BCUT2D eigenvalue weighted by atomic mass is 9.86. The minimum atomic E-state index is -0.749. The summed E-state index contributed by atoms with van der Waals surface area (Å²) < 4.78 is 5.84. The Balaban J connectivity index is 1.60. The average Bonchev–Trinajstić information content (AvgIpc) is 2.68. The van der Waals surface area contributed by atoms with Crippen molar-refractivity contribution in [2.45, 2.75) is 38.3 Å². The first-order valence-electron chi connectivity index (χ1n) is 9.03. The molecule has 1 amide bonds. The molecule has 0 radical (unpaired) electrons. The number of amides is 1. The predicted molar refractivity (Wildman–Crippen MR) is 103 cm³/mol. The molecular formula is C21H22ClNO4. The van der Waals surface area contributed by atoms with Gasteiger partial charge in [-0.05, 0) is 55.5 Å². The monoisotopic (exact) mass is 387 g/mol. The molecule has 1 fully saturated rings. The molecule has 2 N–H and O–H groups in total. The number of hydrogen-bond donors (Lipinski definition) is 2. The smallest absolute Gasteiger partial charge is 0.306 e. The number of carboxylic acid groups (broad SMARTS) is 1. The zero-order chi connectivity index (χ0) is 19.2. The summed E-state index contributed by atoms with van der Waals surface area (Å²) in [6.07, 6.45) is 2.54. The normalized spacial score (nSPS) is 19.3. The van der Waals surface area contributed by atoms with Crippen molar-refractivity contribution in [3.8, 4) is 5.75 Å². The van der Waals surface area contributed by atoms with Crippen LogP contribution in [0.25, 0.3) is 0 Å². The van der Waals surface area contributed by atoms with E-state index in [0.29, 0.717) is 48.6 Å². The van der Waals surface area contributed by atoms with Crippen molar-refractivity contribution in [2.24, 2.45) is 5.92 Å². The molecule has 1 saturated carbocycles. The van der Waals surface area contributed by atoms with E-state index in [1.165, 1.54) is 0 Å². The van der Waals surface area contributed by atoms with Gasteiger partial charge in [0.1, 0.15) is 12.4 Å². The van der Waals surface area contributed by atoms with Crippen molar-refractivity contribution >= 4 is 23.5 Å². The van der Waals surface area contributed by atoms with Crippen LogP contribution in [0.2, 0.25) is 5.02 Å². The molecule has 6 heteroatoms. The number of aliphatic carboxylic acids is 1. The van der Waals surface area contributed by atoms with Crippen LogP contribution in [0, 0.1) is 5.92 Å². The van der Waals surface area contributed by atoms with Gasteiger partial charge in [0.2, 0.25) is 0 Å². The lowest BCUT2D eigenvalue weighted by Gasteiger charge is -2.27. The van der Waals surface area contributed by atoms with Gasteiger partial charge in [-0.15, -0.1) is 0 Å². The Labute approximate surface area is 163 Å². The predicted octanol–water partition coefficient (Wildman–Crippen LogP) is 4.29. The number of halogens is 1. The van der Waals surface area contributed by atoms with Crippen molar-refractivity contribution in [1.82, 2.24) is 5.32 Å². The van der Waals surface area contributed by atoms with Crippen molar-refractivity contribution in [2.75, 3.05) is 0 Å². The minimum absolute atomic E-state index is 0.00239. The molecule has 0 spiro atoms. The number of carboxylic acids is 1. The Hall–Kier alpha value is -2.53. The SMILES string of the molecule is O=C(NC1CCC(C(=O)O)CC1)c1ccccc1OCc1ccc(Cl)cc1. The van der Waals surface area contributed by atoms with Crippen LogP contribution < -0.4 is 10.1 Å². The first-order valence-corrected chi connectivity index (χ1v) is 9.40. The quantitative estimate of drug-likeness (QED) is 0.775. The van der Waals surface area contributed by atoms with Crippen molar-refractivity contribution in [3.63, 3.8) is 0 Å². The van der Waals surface area contributed by atoms with E-state index in [9.17, 15) is 9.59 Å². The zero-order valence-corrected chi connectivity index (χ0v) is 15.6. The first kappa shape index (κ1) is 19.2. The Morgan fingerprint density at radius 2 is 1.70 bits per heavy atom. The van der Waals surface area contributed by atoms with Crippen LogP contribution in [0.3, 0.4) is 0 Å². The molecule has 1 aliphatic rings. The van der Waals surface area contributed by atoms with Crippen molar-refractivity contribution < 1.29 is 19.4 Å². The molecule has 0 saturated heterocycles. The van der Waals surface area contributed by atoms with Gasteiger partial charge in [-0.25, -0.2) is 0 Å². The number of carbonyl (C=O) groups is 2. The Morgan fingerprint density at radius 1 is 1.04 bits per heavy atom. The second-order valence-electron chi connectivity index (χ2n) is 6.77. The van der Waals surface area contributed by atoms with Crippen molar-refractivity contribution in [3.05, 3.63) is 64.7 Å². The highest BCUT2D eigenvalue weighted by Gasteiger charge is 2.27. The van der Waals surface area contributed by atoms with E-state index in [-0.39, 0.29) is 17.9 Å². The van der Waals surface area contributed by atoms with Gasteiger partial charge in [0.25, 0.3) is 5.91 Å². The molecule has 2 aromatic carbocycles. The molecule has 0 aromatic heterocycles. The maximum atomic E-state index is 12.7. The maximum Gasteiger partial charge on any atom is 0.306 e. The molecule has 27 heavy (non-hydrogen) atoms. The summed E-state index contributed by atoms with van der Waals surface area (Å²) in [4.78, 5) is 23.7. The van der Waals surface area contributed by atoms with E-state index in [0.717, 1.165) is 5.56 Å². The standard InChI is InChI=1S/C21H22ClNO4/c22-16-9-5-14(6-10-16)13-27-19-4-2-1-3-18(19)20(24)23-17-11-7-15(8-12-17)21(25)26/h1-6,9-10,15,17H,7-8,11-13H2,(H,23,24)(H,25,26). The molecule has 142 valence electrons. The van der Waals surface area contributed by atoms with E-state index >= 15 is 0 Å². The molecular weight excluding hydrogens is 366 g/mol. The fourth-order valence-corrected chi connectivity index (χ4v) is 3.40. The molecule has 2 aromatic rings. The van der Waals surface area contributed by atoms with Crippen LogP contribution in [-0.4, -0.2) is 23.0 Å². The Kier molecular flexibility index (Phi) is 6.35. The molecule has 0 aliphatic heterocycles. The van der Waals surface area contributed by atoms with Crippen LogP contribution in [0.15, 0.2) is 48.5 Å². The molecule has 0 atom stereocenters. The second-order valence-corrected chi connectivity index (χ2v) is 7.21. The number of carbonyl (C=O) groups excluding carboxylic acids is 1. The summed E-state index contributed by atoms with van der Waals surface area (Å²) in [7, 11) is 0. The molecule has 5 nitrogen and oxygen atoms in total. The van der Waals surface area contributed by atoms with Gasteiger partial charge in [-0.3, -0.25) is 9.59 Å². The third-order valence-electron chi connectivity index (χ3n) is 4.85. The Bertz CT molecular complexity index is 798. The van der Waals surface area contributed by atoms with E-state index in [1.54, 1.807) is 30.3 Å². The highest BCUT2D eigenvalue weighted by molar-refractivity contribution is 6.30. The topological polar surface area (TPSA) is 75.6 Å². The molecule has 0 heterocycles. The Morgan fingerprint density at radius 3 is 2.37 bits per heavy atom.